The summed E-state index contributed by atoms with van der Waals surface area (Å²) < 4.78 is 11.5. The molecule has 2 amide bonds. The Hall–Kier alpha value is -3.32. The molecule has 0 bridgehead atoms. The maximum absolute atomic E-state index is 13.1. The van der Waals surface area contributed by atoms with Gasteiger partial charge in [0.1, 0.15) is 11.6 Å². The second-order valence-electron chi connectivity index (χ2n) is 7.91. The van der Waals surface area contributed by atoms with Gasteiger partial charge >= 0.3 is 0 Å². The Morgan fingerprint density at radius 1 is 1.00 bits per heavy atom. The average Bonchev–Trinajstić information content (AvgIpc) is 3.40. The number of thiophene rings is 1. The van der Waals surface area contributed by atoms with Crippen molar-refractivity contribution in [1.82, 2.24) is 5.32 Å². The molecule has 2 aliphatic rings. The summed E-state index contributed by atoms with van der Waals surface area (Å²) in [5.74, 6) is 0.733. The third-order valence-electron chi connectivity index (χ3n) is 5.73. The molecule has 2 N–H and O–H groups in total. The number of fused-ring (bicyclic) bond motifs is 2. The molecule has 2 aromatic carbocycles. The fraction of sp³-hybridized carbons (Fsp3) is 0.280. The molecule has 0 radical (unpaired) electrons. The molecule has 32 heavy (non-hydrogen) atoms. The normalized spacial score (nSPS) is 16.3. The maximum atomic E-state index is 13.1. The minimum absolute atomic E-state index is 0.131. The van der Waals surface area contributed by atoms with Crippen LogP contribution in [0.25, 0.3) is 0 Å². The zero-order chi connectivity index (χ0) is 21.9. The first-order chi connectivity index (χ1) is 15.7. The lowest BCUT2D eigenvalue weighted by atomic mass is 10.1. The van der Waals surface area contributed by atoms with Gasteiger partial charge in [0, 0.05) is 11.4 Å². The van der Waals surface area contributed by atoms with E-state index in [1.54, 1.807) is 6.07 Å². The Labute approximate surface area is 190 Å². The van der Waals surface area contributed by atoms with Crippen molar-refractivity contribution in [3.8, 4) is 11.5 Å². The lowest BCUT2D eigenvalue weighted by Crippen LogP contribution is -2.40. The molecule has 0 saturated carbocycles. The molecule has 0 saturated heterocycles. The lowest BCUT2D eigenvalue weighted by molar-refractivity contribution is -0.125. The molecule has 0 fully saturated rings. The fourth-order valence-corrected chi connectivity index (χ4v) is 5.42. The van der Waals surface area contributed by atoms with E-state index in [0.717, 1.165) is 31.2 Å². The van der Waals surface area contributed by atoms with Gasteiger partial charge in [-0.1, -0.05) is 42.5 Å². The van der Waals surface area contributed by atoms with Crippen molar-refractivity contribution in [3.63, 3.8) is 0 Å². The summed E-state index contributed by atoms with van der Waals surface area (Å²) in [6.45, 7) is 0.670. The van der Waals surface area contributed by atoms with Crippen molar-refractivity contribution in [3.05, 3.63) is 76.2 Å². The van der Waals surface area contributed by atoms with E-state index in [1.165, 1.54) is 21.8 Å². The van der Waals surface area contributed by atoms with Crippen LogP contribution >= 0.6 is 11.3 Å². The number of carbonyl (C=O) groups is 2. The Bertz CT molecular complexity index is 1140. The molecule has 1 aliphatic carbocycles. The number of hydrogen-bond acceptors (Lipinski definition) is 5. The van der Waals surface area contributed by atoms with Crippen LogP contribution in [0.5, 0.6) is 11.5 Å². The van der Waals surface area contributed by atoms with Crippen molar-refractivity contribution in [2.45, 2.75) is 31.8 Å². The van der Waals surface area contributed by atoms with Crippen LogP contribution in [-0.2, 0) is 24.1 Å². The highest BCUT2D eigenvalue weighted by molar-refractivity contribution is 7.17. The maximum Gasteiger partial charge on any atom is 0.269 e. The van der Waals surface area contributed by atoms with Crippen LogP contribution in [0, 0.1) is 0 Å². The third-order valence-corrected chi connectivity index (χ3v) is 6.94. The summed E-state index contributed by atoms with van der Waals surface area (Å²) in [6.07, 6.45) is 2.83. The number of hydrogen-bond donors (Lipinski definition) is 2. The van der Waals surface area contributed by atoms with Gasteiger partial charge in [0.2, 0.25) is 6.10 Å². The van der Waals surface area contributed by atoms with Gasteiger partial charge in [0.05, 0.1) is 5.56 Å². The Kier molecular flexibility index (Phi) is 5.81. The van der Waals surface area contributed by atoms with Crippen molar-refractivity contribution in [2.75, 3.05) is 18.5 Å². The largest absolute Gasteiger partial charge is 0.485 e. The number of benzene rings is 2. The van der Waals surface area contributed by atoms with Gasteiger partial charge < -0.3 is 20.1 Å². The van der Waals surface area contributed by atoms with Gasteiger partial charge in [-0.05, 0) is 48.9 Å². The van der Waals surface area contributed by atoms with E-state index in [-0.39, 0.29) is 18.4 Å². The number of rotatable bonds is 6. The number of nitrogens with one attached hydrogen (secondary N) is 2. The molecule has 0 unspecified atom stereocenters. The monoisotopic (exact) mass is 448 g/mol. The van der Waals surface area contributed by atoms with E-state index < -0.39 is 6.10 Å². The van der Waals surface area contributed by atoms with Crippen LogP contribution in [0.15, 0.2) is 54.6 Å². The van der Waals surface area contributed by atoms with Crippen LogP contribution in [0.3, 0.4) is 0 Å². The van der Waals surface area contributed by atoms with Crippen LogP contribution in [0.4, 0.5) is 5.00 Å². The third kappa shape index (κ3) is 4.21. The molecule has 164 valence electrons. The van der Waals surface area contributed by atoms with E-state index in [9.17, 15) is 9.59 Å². The highest BCUT2D eigenvalue weighted by atomic mass is 32.1. The molecular formula is C25H24N2O4S. The number of ether oxygens (including phenoxy) is 2. The number of anilines is 1. The van der Waals surface area contributed by atoms with Gasteiger partial charge in [0.25, 0.3) is 11.8 Å². The molecule has 5 rings (SSSR count). The molecule has 1 aromatic heterocycles. The van der Waals surface area contributed by atoms with E-state index in [0.29, 0.717) is 28.6 Å². The van der Waals surface area contributed by atoms with Crippen molar-refractivity contribution in [1.29, 1.82) is 0 Å². The molecule has 0 spiro atoms. The van der Waals surface area contributed by atoms with Gasteiger partial charge in [-0.15, -0.1) is 11.3 Å². The van der Waals surface area contributed by atoms with Gasteiger partial charge in [-0.25, -0.2) is 0 Å². The molecule has 7 heteroatoms. The minimum Gasteiger partial charge on any atom is -0.485 e. The number of carbonyl (C=O) groups excluding carboxylic acids is 2. The highest BCUT2D eigenvalue weighted by Gasteiger charge is 2.31. The quantitative estimate of drug-likeness (QED) is 0.598. The number of para-hydroxylation sites is 2. The standard InChI is InChI=1S/C25H24N2O4S/c28-23(20-15-30-18-10-4-5-11-19(18)31-20)27-25-22(17-9-6-12-21(17)32-25)24(29)26-14-13-16-7-2-1-3-8-16/h1-5,7-8,10-11,20H,6,9,12-15H2,(H,26,29)(H,27,28)/t20-/m0/s1. The zero-order valence-corrected chi connectivity index (χ0v) is 18.4. The number of aryl methyl sites for hydroxylation is 1. The van der Waals surface area contributed by atoms with Crippen LogP contribution in [-0.4, -0.2) is 31.1 Å². The molecule has 6 nitrogen and oxygen atoms in total. The smallest absolute Gasteiger partial charge is 0.269 e. The predicted molar refractivity (Wildman–Crippen MR) is 124 cm³/mol. The second-order valence-corrected chi connectivity index (χ2v) is 9.01. The SMILES string of the molecule is O=C(NCCc1ccccc1)c1c(NC(=O)[C@@H]2COc3ccccc3O2)sc2c1CCC2. The highest BCUT2D eigenvalue weighted by Crippen LogP contribution is 2.39. The Morgan fingerprint density at radius 3 is 2.62 bits per heavy atom. The first-order valence-electron chi connectivity index (χ1n) is 10.8. The van der Waals surface area contributed by atoms with Crippen LogP contribution in [0.2, 0.25) is 0 Å². The van der Waals surface area contributed by atoms with E-state index in [2.05, 4.69) is 10.6 Å². The van der Waals surface area contributed by atoms with Gasteiger partial charge in [-0.2, -0.15) is 0 Å². The van der Waals surface area contributed by atoms with Crippen LogP contribution < -0.4 is 20.1 Å². The zero-order valence-electron chi connectivity index (χ0n) is 17.6. The summed E-state index contributed by atoms with van der Waals surface area (Å²) in [5.41, 5.74) is 2.83. The summed E-state index contributed by atoms with van der Waals surface area (Å²) in [4.78, 5) is 27.2. The average molecular weight is 449 g/mol. The Morgan fingerprint density at radius 2 is 1.78 bits per heavy atom. The summed E-state index contributed by atoms with van der Waals surface area (Å²) in [7, 11) is 0. The van der Waals surface area contributed by atoms with Crippen molar-refractivity contribution in [2.24, 2.45) is 0 Å². The molecular weight excluding hydrogens is 424 g/mol. The first-order valence-corrected chi connectivity index (χ1v) is 11.7. The van der Waals surface area contributed by atoms with Crippen LogP contribution in [0.1, 0.15) is 32.8 Å². The second kappa shape index (κ2) is 9.04. The van der Waals surface area contributed by atoms with Gasteiger partial charge in [0.15, 0.2) is 11.5 Å². The predicted octanol–water partition coefficient (Wildman–Crippen LogP) is 3.99. The Balaban J connectivity index is 1.28. The summed E-state index contributed by atoms with van der Waals surface area (Å²) >= 11 is 1.50. The van der Waals surface area contributed by atoms with Crippen molar-refractivity contribution >= 4 is 28.2 Å². The first kappa shape index (κ1) is 20.6. The van der Waals surface area contributed by atoms with E-state index in [4.69, 9.17) is 9.47 Å². The summed E-state index contributed by atoms with van der Waals surface area (Å²) in [6, 6.07) is 17.3. The molecule has 1 aliphatic heterocycles. The minimum atomic E-state index is -0.768. The number of amides is 2. The van der Waals surface area contributed by atoms with Crippen molar-refractivity contribution < 1.29 is 19.1 Å². The van der Waals surface area contributed by atoms with E-state index >= 15 is 0 Å². The van der Waals surface area contributed by atoms with Gasteiger partial charge in [-0.3, -0.25) is 9.59 Å². The molecule has 2 heterocycles. The lowest BCUT2D eigenvalue weighted by Gasteiger charge is -2.25. The topological polar surface area (TPSA) is 76.7 Å². The molecule has 3 aromatic rings. The fourth-order valence-electron chi connectivity index (χ4n) is 4.13. The summed E-state index contributed by atoms with van der Waals surface area (Å²) in [5, 5.41) is 6.57. The molecule has 1 atom stereocenters. The van der Waals surface area contributed by atoms with E-state index in [1.807, 2.05) is 48.5 Å².